The lowest BCUT2D eigenvalue weighted by molar-refractivity contribution is -0.274. The number of benzene rings is 1. The first-order chi connectivity index (χ1) is 17.5. The van der Waals surface area contributed by atoms with E-state index in [1.165, 1.54) is 28.1 Å². The topological polar surface area (TPSA) is 124 Å². The zero-order valence-electron chi connectivity index (χ0n) is 19.3. The molecule has 2 aliphatic rings. The molecule has 0 radical (unpaired) electrons. The van der Waals surface area contributed by atoms with Gasteiger partial charge in [0.2, 0.25) is 0 Å². The standard InChI is InChI=1S/C23H20F3N5O5S/c1-11-9-13(36-23(24,25)26)4-5-14(11)31-15-6-7-27-20-16(15)17(29-21(31)33)18(37-20)19(32)28-12-3-2-8-30(10-12)22(34)35/h4-7,9,12H,2-3,8,10H2,1H3,(H,28,32)(H,29,33)(H,34,35). The van der Waals surface area contributed by atoms with Gasteiger partial charge in [-0.2, -0.15) is 0 Å². The molecule has 14 heteroatoms. The Morgan fingerprint density at radius 2 is 2.05 bits per heavy atom. The van der Waals surface area contributed by atoms with Crippen molar-refractivity contribution < 1.29 is 37.4 Å². The molecule has 1 unspecified atom stereocenters. The van der Waals surface area contributed by atoms with Crippen LogP contribution in [0, 0.1) is 6.92 Å². The quantitative estimate of drug-likeness (QED) is 0.429. The number of hydrogen-bond acceptors (Lipinski definition) is 6. The zero-order chi connectivity index (χ0) is 26.5. The summed E-state index contributed by atoms with van der Waals surface area (Å²) in [5.41, 5.74) is 1.39. The summed E-state index contributed by atoms with van der Waals surface area (Å²) in [6.45, 7) is 2.12. The molecule has 1 fully saturated rings. The Morgan fingerprint density at radius 3 is 2.76 bits per heavy atom. The van der Waals surface area contributed by atoms with Crippen molar-refractivity contribution in [2.24, 2.45) is 0 Å². The first-order valence-corrected chi connectivity index (χ1v) is 12.0. The lowest BCUT2D eigenvalue weighted by Gasteiger charge is -2.31. The largest absolute Gasteiger partial charge is 0.573 e. The molecule has 37 heavy (non-hydrogen) atoms. The highest BCUT2D eigenvalue weighted by molar-refractivity contribution is 7.21. The molecule has 0 spiro atoms. The Kier molecular flexibility index (Phi) is 6.06. The third-order valence-electron chi connectivity index (χ3n) is 6.12. The smallest absolute Gasteiger partial charge is 0.465 e. The molecule has 4 amide bonds. The number of thiophene rings is 1. The fourth-order valence-electron chi connectivity index (χ4n) is 4.58. The van der Waals surface area contributed by atoms with E-state index in [2.05, 4.69) is 20.4 Å². The number of hydrogen-bond donors (Lipinski definition) is 3. The van der Waals surface area contributed by atoms with Gasteiger partial charge in [0.05, 0.1) is 22.4 Å². The van der Waals surface area contributed by atoms with Crippen LogP contribution >= 0.6 is 11.3 Å². The van der Waals surface area contributed by atoms with Crippen molar-refractivity contribution in [3.8, 4) is 5.75 Å². The molecule has 194 valence electrons. The van der Waals surface area contributed by atoms with Crippen LogP contribution in [-0.4, -0.2) is 58.5 Å². The van der Waals surface area contributed by atoms with Crippen LogP contribution < -0.4 is 20.3 Å². The molecule has 3 N–H and O–H groups in total. The van der Waals surface area contributed by atoms with Crippen molar-refractivity contribution >= 4 is 56.6 Å². The first-order valence-electron chi connectivity index (χ1n) is 11.2. The number of nitrogens with one attached hydrogen (secondary N) is 2. The third kappa shape index (κ3) is 4.71. The van der Waals surface area contributed by atoms with Crippen molar-refractivity contribution in [1.29, 1.82) is 0 Å². The maximum Gasteiger partial charge on any atom is 0.573 e. The van der Waals surface area contributed by atoms with Crippen LogP contribution in [0.4, 0.5) is 39.8 Å². The number of likely N-dealkylation sites (tertiary alicyclic amines) is 1. The van der Waals surface area contributed by atoms with E-state index in [9.17, 15) is 32.7 Å². The minimum atomic E-state index is -4.85. The molecule has 3 aromatic rings. The summed E-state index contributed by atoms with van der Waals surface area (Å²) < 4.78 is 41.8. The van der Waals surface area contributed by atoms with Crippen LogP contribution in [0.1, 0.15) is 28.1 Å². The van der Waals surface area contributed by atoms with E-state index in [1.54, 1.807) is 13.0 Å². The number of aryl methyl sites for hydroxylation is 1. The number of ether oxygens (including phenoxy) is 1. The number of carboxylic acid groups (broad SMARTS) is 1. The molecule has 1 saturated heterocycles. The number of anilines is 3. The number of urea groups is 1. The fourth-order valence-corrected chi connectivity index (χ4v) is 5.60. The Morgan fingerprint density at radius 1 is 1.27 bits per heavy atom. The van der Waals surface area contributed by atoms with Crippen LogP contribution in [0.15, 0.2) is 30.5 Å². The molecule has 1 atom stereocenters. The van der Waals surface area contributed by atoms with Crippen LogP contribution in [0.25, 0.3) is 10.2 Å². The van der Waals surface area contributed by atoms with E-state index in [1.807, 2.05) is 0 Å². The maximum absolute atomic E-state index is 13.2. The van der Waals surface area contributed by atoms with E-state index < -0.39 is 30.1 Å². The summed E-state index contributed by atoms with van der Waals surface area (Å²) in [5, 5.41) is 15.4. The van der Waals surface area contributed by atoms with Gasteiger partial charge in [0.15, 0.2) is 0 Å². The molecule has 0 aliphatic carbocycles. The van der Waals surface area contributed by atoms with E-state index in [-0.39, 0.29) is 23.2 Å². The summed E-state index contributed by atoms with van der Waals surface area (Å²) in [6, 6.07) is 4.26. The molecular formula is C23H20F3N5O5S. The molecule has 2 aliphatic heterocycles. The van der Waals surface area contributed by atoms with Crippen LogP contribution in [0.2, 0.25) is 0 Å². The van der Waals surface area contributed by atoms with Crippen LogP contribution in [0.5, 0.6) is 5.75 Å². The SMILES string of the molecule is Cc1cc(OC(F)(F)F)ccc1N1C(=O)Nc2c(C(=O)NC3CCCN(C(=O)O)C3)sc3nccc1c23. The second kappa shape index (κ2) is 9.10. The van der Waals surface area contributed by atoms with Gasteiger partial charge in [0, 0.05) is 25.3 Å². The second-order valence-electron chi connectivity index (χ2n) is 8.62. The van der Waals surface area contributed by atoms with Gasteiger partial charge >= 0.3 is 18.5 Å². The number of rotatable bonds is 4. The van der Waals surface area contributed by atoms with Crippen molar-refractivity contribution in [2.75, 3.05) is 23.3 Å². The third-order valence-corrected chi connectivity index (χ3v) is 7.22. The van der Waals surface area contributed by atoms with Gasteiger partial charge in [-0.15, -0.1) is 24.5 Å². The lowest BCUT2D eigenvalue weighted by atomic mass is 10.1. The molecule has 0 bridgehead atoms. The highest BCUT2D eigenvalue weighted by atomic mass is 32.1. The molecule has 0 saturated carbocycles. The van der Waals surface area contributed by atoms with E-state index >= 15 is 0 Å². The molecule has 5 rings (SSSR count). The van der Waals surface area contributed by atoms with Crippen molar-refractivity contribution in [2.45, 2.75) is 32.2 Å². The average molecular weight is 536 g/mol. The summed E-state index contributed by atoms with van der Waals surface area (Å²) >= 11 is 1.08. The summed E-state index contributed by atoms with van der Waals surface area (Å²) in [6.07, 6.45) is -3.19. The Hall–Kier alpha value is -4.07. The average Bonchev–Trinajstić information content (AvgIpc) is 3.19. The van der Waals surface area contributed by atoms with Gasteiger partial charge in [-0.3, -0.25) is 9.69 Å². The maximum atomic E-state index is 13.2. The number of piperidine rings is 1. The molecule has 4 heterocycles. The number of nitrogens with zero attached hydrogens (tertiary/aromatic N) is 3. The number of aromatic nitrogens is 1. The number of pyridine rings is 1. The zero-order valence-corrected chi connectivity index (χ0v) is 20.1. The minimum Gasteiger partial charge on any atom is -0.465 e. The summed E-state index contributed by atoms with van der Waals surface area (Å²) in [5.74, 6) is -0.870. The highest BCUT2D eigenvalue weighted by Crippen LogP contribution is 2.46. The number of halogens is 3. The van der Waals surface area contributed by atoms with E-state index in [0.29, 0.717) is 46.5 Å². The van der Waals surface area contributed by atoms with Crippen molar-refractivity contribution in [3.05, 3.63) is 40.9 Å². The molecule has 1 aromatic carbocycles. The number of carbonyl (C=O) groups excluding carboxylic acids is 2. The normalized spacial score (nSPS) is 17.5. The summed E-state index contributed by atoms with van der Waals surface area (Å²) in [4.78, 5) is 45.3. The van der Waals surface area contributed by atoms with Crippen molar-refractivity contribution in [3.63, 3.8) is 0 Å². The summed E-state index contributed by atoms with van der Waals surface area (Å²) in [7, 11) is 0. The van der Waals surface area contributed by atoms with Gasteiger partial charge in [-0.05, 0) is 49.6 Å². The Bertz CT molecular complexity index is 1430. The minimum absolute atomic E-state index is 0.165. The van der Waals surface area contributed by atoms with Crippen molar-refractivity contribution in [1.82, 2.24) is 15.2 Å². The second-order valence-corrected chi connectivity index (χ2v) is 9.62. The van der Waals surface area contributed by atoms with Gasteiger partial charge in [0.1, 0.15) is 15.5 Å². The van der Waals surface area contributed by atoms with E-state index in [0.717, 1.165) is 17.4 Å². The Balaban J connectivity index is 1.47. The van der Waals surface area contributed by atoms with Gasteiger partial charge in [0.25, 0.3) is 5.91 Å². The predicted octanol–water partition coefficient (Wildman–Crippen LogP) is 5.06. The predicted molar refractivity (Wildman–Crippen MR) is 129 cm³/mol. The molecular weight excluding hydrogens is 515 g/mol. The Labute approximate surface area is 211 Å². The highest BCUT2D eigenvalue weighted by Gasteiger charge is 2.35. The monoisotopic (exact) mass is 535 g/mol. The van der Waals surface area contributed by atoms with Crippen LogP contribution in [0.3, 0.4) is 0 Å². The lowest BCUT2D eigenvalue weighted by Crippen LogP contribution is -2.49. The molecule has 2 aromatic heterocycles. The van der Waals surface area contributed by atoms with Gasteiger partial charge in [-0.1, -0.05) is 0 Å². The number of alkyl halides is 3. The van der Waals surface area contributed by atoms with Gasteiger partial charge in [-0.25, -0.2) is 14.6 Å². The van der Waals surface area contributed by atoms with E-state index in [4.69, 9.17) is 0 Å². The number of amides is 4. The van der Waals surface area contributed by atoms with Gasteiger partial charge < -0.3 is 25.4 Å². The van der Waals surface area contributed by atoms with Crippen LogP contribution in [-0.2, 0) is 0 Å². The molecule has 10 nitrogen and oxygen atoms in total. The first kappa shape index (κ1) is 24.6. The fraction of sp³-hybridized carbons (Fsp3) is 0.304. The number of carbonyl (C=O) groups is 3.